The zero-order valence-electron chi connectivity index (χ0n) is 9.02. The fourth-order valence-corrected chi connectivity index (χ4v) is 3.26. The van der Waals surface area contributed by atoms with Crippen molar-refractivity contribution in [3.63, 3.8) is 0 Å². The highest BCUT2D eigenvalue weighted by Gasteiger charge is 2.42. The molecule has 80 valence electrons. The van der Waals surface area contributed by atoms with Gasteiger partial charge in [-0.05, 0) is 37.5 Å². The summed E-state index contributed by atoms with van der Waals surface area (Å²) >= 11 is 0. The van der Waals surface area contributed by atoms with Gasteiger partial charge in [0.05, 0.1) is 0 Å². The van der Waals surface area contributed by atoms with Crippen molar-refractivity contribution in [2.75, 3.05) is 20.1 Å². The number of rotatable bonds is 2. The van der Waals surface area contributed by atoms with Crippen molar-refractivity contribution >= 4 is 0 Å². The SMILES string of the molecule is CN(C1CC1)N1CC2CC(N)CC2C1. The number of nitrogens with zero attached hydrogens (tertiary/aromatic N) is 2. The van der Waals surface area contributed by atoms with Crippen molar-refractivity contribution in [3.05, 3.63) is 0 Å². The second kappa shape index (κ2) is 3.19. The lowest BCUT2D eigenvalue weighted by molar-refractivity contribution is 0.00747. The Morgan fingerprint density at radius 3 is 2.21 bits per heavy atom. The van der Waals surface area contributed by atoms with Gasteiger partial charge in [0.25, 0.3) is 0 Å². The Morgan fingerprint density at radius 1 is 1.14 bits per heavy atom. The van der Waals surface area contributed by atoms with Crippen molar-refractivity contribution in [1.82, 2.24) is 10.0 Å². The van der Waals surface area contributed by atoms with Crippen LogP contribution < -0.4 is 5.73 Å². The Bertz CT molecular complexity index is 213. The summed E-state index contributed by atoms with van der Waals surface area (Å²) in [7, 11) is 2.26. The predicted molar refractivity (Wildman–Crippen MR) is 56.5 cm³/mol. The lowest BCUT2D eigenvalue weighted by Gasteiger charge is -2.29. The smallest absolute Gasteiger partial charge is 0.0244 e. The zero-order valence-corrected chi connectivity index (χ0v) is 9.02. The molecule has 0 aromatic carbocycles. The molecular weight excluding hydrogens is 174 g/mol. The third-order valence-electron chi connectivity index (χ3n) is 4.29. The molecule has 2 saturated carbocycles. The van der Waals surface area contributed by atoms with Gasteiger partial charge in [0.2, 0.25) is 0 Å². The van der Waals surface area contributed by atoms with Crippen LogP contribution in [0.2, 0.25) is 0 Å². The number of nitrogens with two attached hydrogens (primary N) is 1. The van der Waals surface area contributed by atoms with Gasteiger partial charge < -0.3 is 5.73 Å². The highest BCUT2D eigenvalue weighted by atomic mass is 15.6. The van der Waals surface area contributed by atoms with E-state index in [4.69, 9.17) is 5.73 Å². The van der Waals surface area contributed by atoms with E-state index in [-0.39, 0.29) is 0 Å². The molecule has 3 rings (SSSR count). The molecule has 0 aromatic rings. The predicted octanol–water partition coefficient (Wildman–Crippen LogP) is 0.665. The summed E-state index contributed by atoms with van der Waals surface area (Å²) in [5.74, 6) is 1.79. The van der Waals surface area contributed by atoms with Gasteiger partial charge in [-0.25, -0.2) is 10.0 Å². The molecule has 1 aliphatic heterocycles. The lowest BCUT2D eigenvalue weighted by Crippen LogP contribution is -2.40. The van der Waals surface area contributed by atoms with Crippen molar-refractivity contribution in [2.24, 2.45) is 17.6 Å². The van der Waals surface area contributed by atoms with Gasteiger partial charge in [0, 0.05) is 32.2 Å². The van der Waals surface area contributed by atoms with Gasteiger partial charge in [0.1, 0.15) is 0 Å². The van der Waals surface area contributed by atoms with E-state index >= 15 is 0 Å². The molecule has 2 N–H and O–H groups in total. The molecule has 0 amide bonds. The van der Waals surface area contributed by atoms with Crippen LogP contribution in [0.4, 0.5) is 0 Å². The van der Waals surface area contributed by atoms with Crippen molar-refractivity contribution in [3.8, 4) is 0 Å². The van der Waals surface area contributed by atoms with Gasteiger partial charge in [-0.15, -0.1) is 0 Å². The Morgan fingerprint density at radius 2 is 1.71 bits per heavy atom. The van der Waals surface area contributed by atoms with E-state index in [0.29, 0.717) is 6.04 Å². The molecule has 0 radical (unpaired) electrons. The molecule has 14 heavy (non-hydrogen) atoms. The molecule has 0 aromatic heterocycles. The summed E-state index contributed by atoms with van der Waals surface area (Å²) in [6.07, 6.45) is 5.34. The van der Waals surface area contributed by atoms with Gasteiger partial charge in [-0.2, -0.15) is 0 Å². The van der Waals surface area contributed by atoms with Crippen LogP contribution in [0.3, 0.4) is 0 Å². The minimum Gasteiger partial charge on any atom is -0.328 e. The van der Waals surface area contributed by atoms with Crippen LogP contribution in [0.25, 0.3) is 0 Å². The lowest BCUT2D eigenvalue weighted by atomic mass is 10.0. The van der Waals surface area contributed by atoms with Gasteiger partial charge in [0.15, 0.2) is 0 Å². The van der Waals surface area contributed by atoms with Crippen LogP contribution in [-0.4, -0.2) is 42.2 Å². The second-order valence-electron chi connectivity index (χ2n) is 5.43. The molecule has 3 aliphatic rings. The maximum absolute atomic E-state index is 5.99. The Hall–Kier alpha value is -0.120. The summed E-state index contributed by atoms with van der Waals surface area (Å²) in [4.78, 5) is 0. The standard InChI is InChI=1S/C11H21N3/c1-13(11-2-3-11)14-6-8-4-10(12)5-9(8)7-14/h8-11H,2-7,12H2,1H3. The molecular formula is C11H21N3. The zero-order chi connectivity index (χ0) is 9.71. The van der Waals surface area contributed by atoms with Crippen LogP contribution in [0.15, 0.2) is 0 Å². The first-order valence-electron chi connectivity index (χ1n) is 5.97. The quantitative estimate of drug-likeness (QED) is 0.703. The Balaban J connectivity index is 1.60. The molecule has 0 spiro atoms. The van der Waals surface area contributed by atoms with Crippen molar-refractivity contribution < 1.29 is 0 Å². The number of fused-ring (bicyclic) bond motifs is 1. The molecule has 2 aliphatic carbocycles. The number of hydrogen-bond acceptors (Lipinski definition) is 3. The van der Waals surface area contributed by atoms with Gasteiger partial charge in [-0.1, -0.05) is 0 Å². The van der Waals surface area contributed by atoms with E-state index in [1.807, 2.05) is 0 Å². The first-order valence-corrected chi connectivity index (χ1v) is 5.97. The summed E-state index contributed by atoms with van der Waals surface area (Å²) in [5, 5.41) is 5.06. The van der Waals surface area contributed by atoms with Crippen LogP contribution in [0.5, 0.6) is 0 Å². The molecule has 2 atom stereocenters. The average molecular weight is 195 g/mol. The second-order valence-corrected chi connectivity index (χ2v) is 5.43. The van der Waals surface area contributed by atoms with E-state index in [0.717, 1.165) is 17.9 Å². The van der Waals surface area contributed by atoms with Gasteiger partial charge in [-0.3, -0.25) is 0 Å². The summed E-state index contributed by atoms with van der Waals surface area (Å²) in [6, 6.07) is 1.36. The van der Waals surface area contributed by atoms with E-state index in [2.05, 4.69) is 17.1 Å². The summed E-state index contributed by atoms with van der Waals surface area (Å²) in [5.41, 5.74) is 5.99. The highest BCUT2D eigenvalue weighted by Crippen LogP contribution is 2.39. The van der Waals surface area contributed by atoms with Crippen LogP contribution in [-0.2, 0) is 0 Å². The fraction of sp³-hybridized carbons (Fsp3) is 1.00. The van der Waals surface area contributed by atoms with E-state index < -0.39 is 0 Å². The first-order chi connectivity index (χ1) is 6.74. The molecule has 0 bridgehead atoms. The maximum Gasteiger partial charge on any atom is 0.0244 e. The third kappa shape index (κ3) is 1.47. The minimum atomic E-state index is 0.499. The Labute approximate surface area is 86.2 Å². The van der Waals surface area contributed by atoms with Gasteiger partial charge >= 0.3 is 0 Å². The third-order valence-corrected chi connectivity index (χ3v) is 4.29. The van der Waals surface area contributed by atoms with Crippen LogP contribution in [0.1, 0.15) is 25.7 Å². The Kier molecular flexibility index (Phi) is 2.08. The molecule has 3 fully saturated rings. The van der Waals surface area contributed by atoms with Crippen molar-refractivity contribution in [1.29, 1.82) is 0 Å². The monoisotopic (exact) mass is 195 g/mol. The van der Waals surface area contributed by atoms with E-state index in [1.54, 1.807) is 0 Å². The summed E-state index contributed by atoms with van der Waals surface area (Å²) in [6.45, 7) is 2.54. The van der Waals surface area contributed by atoms with E-state index in [1.165, 1.54) is 38.8 Å². The molecule has 3 nitrogen and oxygen atoms in total. The highest BCUT2D eigenvalue weighted by molar-refractivity contribution is 4.94. The largest absolute Gasteiger partial charge is 0.328 e. The van der Waals surface area contributed by atoms with Crippen molar-refractivity contribution in [2.45, 2.75) is 37.8 Å². The minimum absolute atomic E-state index is 0.499. The van der Waals surface area contributed by atoms with Crippen LogP contribution >= 0.6 is 0 Å². The van der Waals surface area contributed by atoms with E-state index in [9.17, 15) is 0 Å². The topological polar surface area (TPSA) is 32.5 Å². The van der Waals surface area contributed by atoms with Crippen LogP contribution in [0, 0.1) is 11.8 Å². The average Bonchev–Trinajstić information content (AvgIpc) is 2.82. The molecule has 1 saturated heterocycles. The maximum atomic E-state index is 5.99. The molecule has 1 heterocycles. The number of hydrogen-bond donors (Lipinski definition) is 1. The number of hydrazine groups is 1. The molecule has 2 unspecified atom stereocenters. The molecule has 3 heteroatoms. The first kappa shape index (κ1) is 9.13. The normalized spacial score (nSPS) is 43.5. The summed E-state index contributed by atoms with van der Waals surface area (Å²) < 4.78 is 0. The fourth-order valence-electron chi connectivity index (χ4n) is 3.26.